The van der Waals surface area contributed by atoms with Crippen molar-refractivity contribution in [2.45, 2.75) is 45.2 Å². The summed E-state index contributed by atoms with van der Waals surface area (Å²) in [6.45, 7) is 9.00. The van der Waals surface area contributed by atoms with E-state index in [2.05, 4.69) is 71.4 Å². The first kappa shape index (κ1) is 29.1. The van der Waals surface area contributed by atoms with Gasteiger partial charge in [-0.25, -0.2) is 0 Å². The van der Waals surface area contributed by atoms with Crippen molar-refractivity contribution in [2.75, 3.05) is 32.7 Å². The minimum Gasteiger partial charge on any atom is -0.337 e. The minimum atomic E-state index is 0. The molecule has 7 heteroatoms. The summed E-state index contributed by atoms with van der Waals surface area (Å²) in [5.41, 5.74) is 3.12. The van der Waals surface area contributed by atoms with Crippen molar-refractivity contribution < 1.29 is 4.79 Å². The van der Waals surface area contributed by atoms with Crippen LogP contribution in [0.5, 0.6) is 0 Å². The zero-order valence-corrected chi connectivity index (χ0v) is 22.4. The number of nitriles is 1. The van der Waals surface area contributed by atoms with Crippen LogP contribution in [0.3, 0.4) is 0 Å². The van der Waals surface area contributed by atoms with E-state index < -0.39 is 0 Å². The molecule has 2 heterocycles. The van der Waals surface area contributed by atoms with Gasteiger partial charge in [-0.05, 0) is 61.0 Å². The van der Waals surface area contributed by atoms with Crippen LogP contribution in [0.2, 0.25) is 0 Å². The van der Waals surface area contributed by atoms with Crippen LogP contribution < -0.4 is 5.32 Å². The highest BCUT2D eigenvalue weighted by Crippen LogP contribution is 2.33. The molecule has 5 nitrogen and oxygen atoms in total. The van der Waals surface area contributed by atoms with Crippen LogP contribution in [-0.4, -0.2) is 54.5 Å². The highest BCUT2D eigenvalue weighted by molar-refractivity contribution is 5.85. The molecular weight excluding hydrogens is 479 g/mol. The van der Waals surface area contributed by atoms with Gasteiger partial charge in [-0.1, -0.05) is 56.3 Å². The molecule has 1 N–H and O–H groups in total. The molecule has 0 saturated carbocycles. The summed E-state index contributed by atoms with van der Waals surface area (Å²) in [4.78, 5) is 18.0. The molecule has 2 fully saturated rings. The zero-order chi connectivity index (χ0) is 23.2. The van der Waals surface area contributed by atoms with Crippen molar-refractivity contribution >= 4 is 30.7 Å². The van der Waals surface area contributed by atoms with Crippen LogP contribution in [0.25, 0.3) is 0 Å². The summed E-state index contributed by atoms with van der Waals surface area (Å²) in [5.74, 6) is 1.23. The fraction of sp³-hybridized carbons (Fsp3) is 0.500. The Balaban J connectivity index is 0.00000216. The molecule has 0 bridgehead atoms. The molecule has 190 valence electrons. The Hall–Kier alpha value is -2.10. The van der Waals surface area contributed by atoms with Gasteiger partial charge in [-0.15, -0.1) is 24.8 Å². The van der Waals surface area contributed by atoms with Gasteiger partial charge in [0.25, 0.3) is 0 Å². The maximum absolute atomic E-state index is 13.3. The van der Waals surface area contributed by atoms with Crippen LogP contribution in [-0.2, 0) is 4.79 Å². The lowest BCUT2D eigenvalue weighted by Crippen LogP contribution is -2.58. The average molecular weight is 518 g/mol. The molecule has 1 amide bonds. The Kier molecular flexibility index (Phi) is 11.5. The number of piperidine rings is 1. The lowest BCUT2D eigenvalue weighted by Gasteiger charge is -2.46. The van der Waals surface area contributed by atoms with Gasteiger partial charge in [0.05, 0.1) is 17.7 Å². The number of piperazine rings is 1. The number of benzene rings is 2. The number of nitrogens with zero attached hydrogens (tertiary/aromatic N) is 3. The molecule has 2 aliphatic heterocycles. The largest absolute Gasteiger partial charge is 0.337 e. The molecular formula is C28H38Cl2N4O. The van der Waals surface area contributed by atoms with Gasteiger partial charge in [-0.2, -0.15) is 5.26 Å². The lowest BCUT2D eigenvalue weighted by atomic mass is 9.90. The third-order valence-corrected chi connectivity index (χ3v) is 7.30. The van der Waals surface area contributed by atoms with E-state index in [0.717, 1.165) is 45.6 Å². The van der Waals surface area contributed by atoms with Crippen molar-refractivity contribution in [3.8, 4) is 6.07 Å². The number of halogens is 2. The number of carbonyl (C=O) groups is 1. The van der Waals surface area contributed by atoms with Crippen LogP contribution in [0.4, 0.5) is 0 Å². The molecule has 2 saturated heterocycles. The monoisotopic (exact) mass is 516 g/mol. The topological polar surface area (TPSA) is 59.4 Å². The van der Waals surface area contributed by atoms with E-state index in [1.165, 1.54) is 11.1 Å². The van der Waals surface area contributed by atoms with Crippen LogP contribution in [0, 0.1) is 23.2 Å². The van der Waals surface area contributed by atoms with Gasteiger partial charge in [0.1, 0.15) is 0 Å². The maximum Gasteiger partial charge on any atom is 0.223 e. The molecule has 2 aromatic carbocycles. The van der Waals surface area contributed by atoms with Crippen LogP contribution in [0.1, 0.15) is 55.8 Å². The Bertz CT molecular complexity index is 955. The van der Waals surface area contributed by atoms with E-state index in [1.807, 2.05) is 18.2 Å². The summed E-state index contributed by atoms with van der Waals surface area (Å²) >= 11 is 0. The van der Waals surface area contributed by atoms with Crippen molar-refractivity contribution in [1.82, 2.24) is 15.1 Å². The molecule has 35 heavy (non-hydrogen) atoms. The van der Waals surface area contributed by atoms with Gasteiger partial charge in [0, 0.05) is 32.1 Å². The summed E-state index contributed by atoms with van der Waals surface area (Å²) in [7, 11) is 0. The van der Waals surface area contributed by atoms with Crippen LogP contribution >= 0.6 is 24.8 Å². The van der Waals surface area contributed by atoms with E-state index in [9.17, 15) is 10.1 Å². The fourth-order valence-electron chi connectivity index (χ4n) is 5.39. The highest BCUT2D eigenvalue weighted by atomic mass is 35.5. The highest BCUT2D eigenvalue weighted by Gasteiger charge is 2.36. The number of rotatable bonds is 6. The summed E-state index contributed by atoms with van der Waals surface area (Å²) in [6.07, 6.45) is 2.89. The SMILES string of the molecule is CC(C)[C@H]1CN(C(c2ccccc2)c2ccc(C#N)cc2)CCN1C(=O)CC1CCNCC1.Cl.Cl. The second-order valence-corrected chi connectivity index (χ2v) is 9.84. The Morgan fingerprint density at radius 1 is 1.00 bits per heavy atom. The number of hydrogen-bond donors (Lipinski definition) is 1. The maximum atomic E-state index is 13.3. The third kappa shape index (κ3) is 7.21. The Morgan fingerprint density at radius 3 is 2.23 bits per heavy atom. The Labute approximate surface area is 222 Å². The molecule has 0 aliphatic carbocycles. The van der Waals surface area contributed by atoms with Crippen molar-refractivity contribution in [1.29, 1.82) is 5.26 Å². The zero-order valence-electron chi connectivity index (χ0n) is 20.7. The van der Waals surface area contributed by atoms with Crippen LogP contribution in [0.15, 0.2) is 54.6 Å². The second kappa shape index (κ2) is 13.8. The summed E-state index contributed by atoms with van der Waals surface area (Å²) in [6, 6.07) is 21.1. The van der Waals surface area contributed by atoms with Gasteiger partial charge in [0.2, 0.25) is 5.91 Å². The van der Waals surface area contributed by atoms with E-state index >= 15 is 0 Å². The van der Waals surface area contributed by atoms with Gasteiger partial charge >= 0.3 is 0 Å². The van der Waals surface area contributed by atoms with Crippen molar-refractivity contribution in [3.05, 3.63) is 71.3 Å². The number of hydrogen-bond acceptors (Lipinski definition) is 4. The second-order valence-electron chi connectivity index (χ2n) is 9.84. The predicted octanol–water partition coefficient (Wildman–Crippen LogP) is 5.05. The molecule has 0 aromatic heterocycles. The van der Waals surface area contributed by atoms with Crippen molar-refractivity contribution in [2.24, 2.45) is 11.8 Å². The quantitative estimate of drug-likeness (QED) is 0.583. The summed E-state index contributed by atoms with van der Waals surface area (Å²) < 4.78 is 0. The van der Waals surface area contributed by atoms with Gasteiger partial charge in [-0.3, -0.25) is 9.69 Å². The van der Waals surface area contributed by atoms with Gasteiger partial charge < -0.3 is 10.2 Å². The first-order valence-corrected chi connectivity index (χ1v) is 12.4. The van der Waals surface area contributed by atoms with Gasteiger partial charge in [0.15, 0.2) is 0 Å². The van der Waals surface area contributed by atoms with E-state index in [4.69, 9.17) is 0 Å². The first-order valence-electron chi connectivity index (χ1n) is 12.4. The molecule has 2 atom stereocenters. The fourth-order valence-corrected chi connectivity index (χ4v) is 5.39. The minimum absolute atomic E-state index is 0. The molecule has 2 aromatic rings. The smallest absolute Gasteiger partial charge is 0.223 e. The molecule has 0 spiro atoms. The predicted molar refractivity (Wildman–Crippen MR) is 146 cm³/mol. The third-order valence-electron chi connectivity index (χ3n) is 7.30. The standard InChI is InChI=1S/C28H36N4O.2ClH/c1-21(2)26-20-31(16-17-32(26)27(33)18-22-12-14-30-15-13-22)28(24-6-4-3-5-7-24)25-10-8-23(19-29)9-11-25;;/h3-11,21-22,26,28,30H,12-18,20H2,1-2H3;2*1H/t26-,28?;;/m1../s1. The number of nitrogens with one attached hydrogen (secondary N) is 1. The summed E-state index contributed by atoms with van der Waals surface area (Å²) in [5, 5.41) is 12.6. The molecule has 1 unspecified atom stereocenters. The average Bonchev–Trinajstić information content (AvgIpc) is 2.86. The van der Waals surface area contributed by atoms with E-state index in [0.29, 0.717) is 29.7 Å². The van der Waals surface area contributed by atoms with E-state index in [1.54, 1.807) is 0 Å². The lowest BCUT2D eigenvalue weighted by molar-refractivity contribution is -0.139. The molecule has 2 aliphatic rings. The first-order chi connectivity index (χ1) is 16.1. The van der Waals surface area contributed by atoms with E-state index in [-0.39, 0.29) is 36.9 Å². The molecule has 0 radical (unpaired) electrons. The number of carbonyl (C=O) groups excluding carboxylic acids is 1. The Morgan fingerprint density at radius 2 is 1.63 bits per heavy atom. The molecule has 4 rings (SSSR count). The van der Waals surface area contributed by atoms with Crippen molar-refractivity contribution in [3.63, 3.8) is 0 Å². The number of amides is 1. The normalized spacial score (nSPS) is 19.8.